The molecule has 0 aromatic carbocycles. The summed E-state index contributed by atoms with van der Waals surface area (Å²) < 4.78 is 3.59. The minimum absolute atomic E-state index is 0.0609. The summed E-state index contributed by atoms with van der Waals surface area (Å²) in [5.41, 5.74) is 6.47. The molecule has 2 amide bonds. The third-order valence-electron chi connectivity index (χ3n) is 6.27. The van der Waals surface area contributed by atoms with E-state index >= 15 is 0 Å². The summed E-state index contributed by atoms with van der Waals surface area (Å²) in [6.07, 6.45) is 7.21. The second-order valence-corrected chi connectivity index (χ2v) is 13.1. The summed E-state index contributed by atoms with van der Waals surface area (Å²) in [6.45, 7) is 0. The Balaban J connectivity index is 1.10. The van der Waals surface area contributed by atoms with Gasteiger partial charge in [-0.1, -0.05) is 5.16 Å². The Morgan fingerprint density at radius 1 is 1.39 bits per heavy atom. The summed E-state index contributed by atoms with van der Waals surface area (Å²) >= 11 is 5.42. The van der Waals surface area contributed by atoms with Crippen LogP contribution in [0.5, 0.6) is 0 Å². The zero-order chi connectivity index (χ0) is 28.7. The zero-order valence-corrected chi connectivity index (χ0v) is 24.0. The molecule has 0 radical (unpaired) electrons. The highest BCUT2D eigenvalue weighted by atomic mass is 32.2. The third kappa shape index (κ3) is 5.07. The quantitative estimate of drug-likeness (QED) is 0.0963. The molecule has 4 N–H and O–H groups in total. The molecule has 0 aliphatic carbocycles. The number of β-lactam (4-membered cyclic amide) rings is 1. The van der Waals surface area contributed by atoms with E-state index in [0.29, 0.717) is 17.1 Å². The highest BCUT2D eigenvalue weighted by Crippen LogP contribution is 2.42. The molecule has 6 rings (SSSR count). The van der Waals surface area contributed by atoms with Gasteiger partial charge in [0.2, 0.25) is 0 Å². The Labute approximate surface area is 248 Å². The predicted molar refractivity (Wildman–Crippen MR) is 154 cm³/mol. The molecular formula is C23H19N9O5S4. The first kappa shape index (κ1) is 27.3. The largest absolute Gasteiger partial charge is 0.543 e. The molecule has 210 valence electrons. The molecule has 3 aromatic rings. The number of thioether (sulfide) groups is 3. The molecular weight excluding hydrogens is 611 g/mol. The number of rotatable bonds is 8. The van der Waals surface area contributed by atoms with Crippen molar-refractivity contribution in [3.63, 3.8) is 0 Å². The van der Waals surface area contributed by atoms with E-state index in [2.05, 4.69) is 25.5 Å². The van der Waals surface area contributed by atoms with Crippen molar-refractivity contribution < 1.29 is 29.3 Å². The first-order valence-electron chi connectivity index (χ1n) is 11.8. The Hall–Kier alpha value is -3.87. The highest BCUT2D eigenvalue weighted by molar-refractivity contribution is 8.19. The van der Waals surface area contributed by atoms with Gasteiger partial charge in [-0.2, -0.15) is 4.57 Å². The van der Waals surface area contributed by atoms with Crippen LogP contribution in [0.4, 0.5) is 5.13 Å². The smallest absolute Gasteiger partial charge is 0.276 e. The molecule has 18 heteroatoms. The fraction of sp³-hybridized carbons (Fsp3) is 0.217. The van der Waals surface area contributed by atoms with E-state index in [-0.39, 0.29) is 21.1 Å². The van der Waals surface area contributed by atoms with E-state index in [1.54, 1.807) is 28.7 Å². The first-order valence-corrected chi connectivity index (χ1v) is 15.8. The number of nitrogens with two attached hydrogens (primary N) is 1. The Morgan fingerprint density at radius 3 is 2.95 bits per heavy atom. The lowest BCUT2D eigenvalue weighted by Gasteiger charge is -2.50. The van der Waals surface area contributed by atoms with Crippen LogP contribution in [-0.2, 0) is 14.4 Å². The minimum atomic E-state index is -1.46. The second kappa shape index (κ2) is 11.2. The number of aromatic nitrogens is 4. The number of hydrogen-bond acceptors (Lipinski definition) is 14. The van der Waals surface area contributed by atoms with Crippen LogP contribution in [0.15, 0.2) is 62.9 Å². The Kier molecular flexibility index (Phi) is 7.45. The maximum absolute atomic E-state index is 13.0. The van der Waals surface area contributed by atoms with Crippen LogP contribution in [0.3, 0.4) is 0 Å². The topological polar surface area (TPSA) is 195 Å². The molecule has 1 saturated heterocycles. The highest BCUT2D eigenvalue weighted by Gasteiger charge is 2.53. The average Bonchev–Trinajstić information content (AvgIpc) is 3.61. The van der Waals surface area contributed by atoms with E-state index in [1.165, 1.54) is 28.9 Å². The summed E-state index contributed by atoms with van der Waals surface area (Å²) in [5, 5.41) is 34.1. The number of aliphatic imine (C=N–C) groups is 1. The van der Waals surface area contributed by atoms with E-state index in [0.717, 1.165) is 27.7 Å². The maximum Gasteiger partial charge on any atom is 0.276 e. The van der Waals surface area contributed by atoms with Gasteiger partial charge in [-0.15, -0.1) is 61.2 Å². The molecule has 3 atom stereocenters. The van der Waals surface area contributed by atoms with Gasteiger partial charge in [0.15, 0.2) is 10.8 Å². The van der Waals surface area contributed by atoms with Crippen LogP contribution in [0.2, 0.25) is 0 Å². The predicted octanol–water partition coefficient (Wildman–Crippen LogP) is -0.424. The van der Waals surface area contributed by atoms with Gasteiger partial charge in [-0.3, -0.25) is 14.5 Å². The SMILES string of the molecule is Nc1nc(/C(=N/O)C(=O)N[C@@H]2C(=O)N3C(C(=O)[O-])=C(CSC4C=NC([n+]5ccn6ncccc65)=CS4)CSC23)cs1. The summed E-state index contributed by atoms with van der Waals surface area (Å²) in [6, 6.07) is 2.77. The molecule has 3 aliphatic rings. The number of carbonyl (C=O) groups is 3. The average molecular weight is 630 g/mol. The number of imidazole rings is 1. The van der Waals surface area contributed by atoms with E-state index in [9.17, 15) is 24.7 Å². The van der Waals surface area contributed by atoms with Gasteiger partial charge in [-0.25, -0.2) is 4.98 Å². The minimum Gasteiger partial charge on any atom is -0.543 e. The number of carboxylic acids is 1. The number of carboxylic acid groups (broad SMARTS) is 1. The number of nitrogens with zero attached hydrogens (tertiary/aromatic N) is 7. The lowest BCUT2D eigenvalue weighted by Crippen LogP contribution is -2.71. The lowest BCUT2D eigenvalue weighted by atomic mass is 10.0. The van der Waals surface area contributed by atoms with Crippen molar-refractivity contribution in [3.05, 3.63) is 58.5 Å². The fourth-order valence-electron chi connectivity index (χ4n) is 4.40. The number of nitrogen functional groups attached to an aromatic ring is 1. The van der Waals surface area contributed by atoms with Crippen LogP contribution in [0.1, 0.15) is 5.69 Å². The van der Waals surface area contributed by atoms with Gasteiger partial charge >= 0.3 is 0 Å². The standard InChI is InChI=1S/C23H19N9O5S4/c24-23-27-12(9-41-23)16(29-37)19(33)28-17-20(34)32-18(22(35)36)11(8-40-21(17)32)7-38-15-6-25-13(10-39-15)30-4-5-31-14(30)2-1-3-26-31/h1-6,9-10,15,17,21H,7-8H2,(H4-,24,27,28,33,35,36,37)/t15?,17-,21?/m1/s1. The number of nitrogens with one attached hydrogen (secondary N) is 1. The van der Waals surface area contributed by atoms with E-state index < -0.39 is 34.9 Å². The lowest BCUT2D eigenvalue weighted by molar-refractivity contribution is -0.553. The summed E-state index contributed by atoms with van der Waals surface area (Å²) in [5.74, 6) is -1.48. The number of anilines is 1. The number of fused-ring (bicyclic) bond motifs is 2. The van der Waals surface area contributed by atoms with Crippen molar-refractivity contribution >= 4 is 92.9 Å². The van der Waals surface area contributed by atoms with E-state index in [1.807, 2.05) is 34.5 Å². The van der Waals surface area contributed by atoms with Crippen LogP contribution in [-0.4, -0.2) is 81.9 Å². The van der Waals surface area contributed by atoms with Crippen molar-refractivity contribution in [1.29, 1.82) is 0 Å². The number of thiazole rings is 1. The van der Waals surface area contributed by atoms with Crippen molar-refractivity contribution in [3.8, 4) is 0 Å². The van der Waals surface area contributed by atoms with Crippen LogP contribution in [0.25, 0.3) is 11.5 Å². The monoisotopic (exact) mass is 629 g/mol. The number of hydrogen-bond donors (Lipinski definition) is 3. The van der Waals surface area contributed by atoms with Gasteiger partial charge < -0.3 is 26.2 Å². The molecule has 3 aliphatic heterocycles. The molecule has 6 heterocycles. The van der Waals surface area contributed by atoms with Crippen LogP contribution >= 0.6 is 46.6 Å². The number of aliphatic carboxylic acids is 1. The fourth-order valence-corrected chi connectivity index (χ4v) is 8.42. The molecule has 0 saturated carbocycles. The normalized spacial score (nSPS) is 22.4. The van der Waals surface area contributed by atoms with E-state index in [4.69, 9.17) is 5.73 Å². The van der Waals surface area contributed by atoms with Gasteiger partial charge in [0.1, 0.15) is 40.3 Å². The summed E-state index contributed by atoms with van der Waals surface area (Å²) in [7, 11) is 0. The molecule has 0 bridgehead atoms. The van der Waals surface area contributed by atoms with Gasteiger partial charge in [0.25, 0.3) is 23.3 Å². The number of carbonyl (C=O) groups excluding carboxylic acids is 3. The Morgan fingerprint density at radius 2 is 2.24 bits per heavy atom. The molecule has 2 unspecified atom stereocenters. The summed E-state index contributed by atoms with van der Waals surface area (Å²) in [4.78, 5) is 47.4. The van der Waals surface area contributed by atoms with Crippen LogP contribution in [0, 0.1) is 0 Å². The van der Waals surface area contributed by atoms with Gasteiger partial charge in [-0.05, 0) is 11.6 Å². The number of oxime groups is 1. The molecule has 1 fully saturated rings. The van der Waals surface area contributed by atoms with Crippen molar-refractivity contribution in [2.75, 3.05) is 17.2 Å². The van der Waals surface area contributed by atoms with Crippen LogP contribution < -0.4 is 20.7 Å². The first-order chi connectivity index (χ1) is 19.9. The molecule has 3 aromatic heterocycles. The maximum atomic E-state index is 13.0. The Bertz CT molecular complexity index is 1700. The zero-order valence-electron chi connectivity index (χ0n) is 20.7. The van der Waals surface area contributed by atoms with Gasteiger partial charge in [0.05, 0.1) is 17.9 Å². The number of amides is 2. The van der Waals surface area contributed by atoms with Crippen molar-refractivity contribution in [2.24, 2.45) is 10.1 Å². The van der Waals surface area contributed by atoms with Gasteiger partial charge in [0, 0.05) is 28.4 Å². The molecule has 0 spiro atoms. The van der Waals surface area contributed by atoms with Crippen molar-refractivity contribution in [2.45, 2.75) is 16.0 Å². The second-order valence-electron chi connectivity index (χ2n) is 8.68. The molecule has 14 nitrogen and oxygen atoms in total. The van der Waals surface area contributed by atoms with Crippen molar-refractivity contribution in [1.82, 2.24) is 24.8 Å². The third-order valence-corrected chi connectivity index (χ3v) is 10.7. The molecule has 41 heavy (non-hydrogen) atoms.